The van der Waals surface area contributed by atoms with Gasteiger partial charge >= 0.3 is 0 Å². The quantitative estimate of drug-likeness (QED) is 0.661. The Kier molecular flexibility index (Phi) is 6.77. The molecule has 0 spiro atoms. The summed E-state index contributed by atoms with van der Waals surface area (Å²) in [5.74, 6) is 0.288. The van der Waals surface area contributed by atoms with Crippen LogP contribution in [0.2, 0.25) is 5.02 Å². The van der Waals surface area contributed by atoms with Gasteiger partial charge < -0.3 is 10.1 Å². The van der Waals surface area contributed by atoms with Gasteiger partial charge in [0.25, 0.3) is 5.91 Å². The molecule has 0 unspecified atom stereocenters. The van der Waals surface area contributed by atoms with Crippen molar-refractivity contribution in [3.8, 4) is 5.75 Å². The van der Waals surface area contributed by atoms with Gasteiger partial charge in [0.1, 0.15) is 5.75 Å². The number of nitrogens with zero attached hydrogens (tertiary/aromatic N) is 1. The lowest BCUT2D eigenvalue weighted by Crippen LogP contribution is -2.28. The zero-order chi connectivity index (χ0) is 21.8. The number of carbonyl (C=O) groups excluding carboxylic acids is 3. The van der Waals surface area contributed by atoms with E-state index in [1.165, 1.54) is 4.90 Å². The van der Waals surface area contributed by atoms with Gasteiger partial charge in [0.15, 0.2) is 6.61 Å². The fourth-order valence-corrected chi connectivity index (χ4v) is 3.43. The molecule has 1 aliphatic heterocycles. The number of carbonyl (C=O) groups is 3. The SMILES string of the molecule is Cc1cc(OCC(=O)Nc2ccc(CN3C(=O)CCC3=O)cc2)c(C(C)C)cc1Cl. The lowest BCUT2D eigenvalue weighted by Gasteiger charge is -2.16. The second kappa shape index (κ2) is 9.30. The molecule has 1 saturated heterocycles. The number of likely N-dealkylation sites (tertiary alicyclic amines) is 1. The van der Waals surface area contributed by atoms with Gasteiger partial charge in [0.05, 0.1) is 6.54 Å². The first kappa shape index (κ1) is 21.8. The van der Waals surface area contributed by atoms with E-state index < -0.39 is 0 Å². The Morgan fingerprint density at radius 3 is 2.37 bits per heavy atom. The molecule has 1 heterocycles. The van der Waals surface area contributed by atoms with Crippen molar-refractivity contribution >= 4 is 35.0 Å². The Labute approximate surface area is 181 Å². The summed E-state index contributed by atoms with van der Waals surface area (Å²) in [6, 6.07) is 10.8. The standard InChI is InChI=1S/C23H25ClN2O4/c1-14(2)18-11-19(24)15(3)10-20(18)30-13-21(27)25-17-6-4-16(5-7-17)12-26-22(28)8-9-23(26)29/h4-7,10-11,14H,8-9,12-13H2,1-3H3,(H,25,27). The van der Waals surface area contributed by atoms with E-state index in [1.807, 2.05) is 32.9 Å². The zero-order valence-electron chi connectivity index (χ0n) is 17.3. The number of rotatable bonds is 7. The molecular weight excluding hydrogens is 404 g/mol. The molecule has 2 aromatic carbocycles. The number of nitrogens with one attached hydrogen (secondary N) is 1. The van der Waals surface area contributed by atoms with E-state index in [4.69, 9.17) is 16.3 Å². The number of amides is 3. The first-order valence-electron chi connectivity index (χ1n) is 9.89. The number of hydrogen-bond donors (Lipinski definition) is 1. The fraction of sp³-hybridized carbons (Fsp3) is 0.348. The van der Waals surface area contributed by atoms with E-state index in [0.29, 0.717) is 16.5 Å². The molecule has 7 heteroatoms. The molecular formula is C23H25ClN2O4. The maximum absolute atomic E-state index is 12.3. The van der Waals surface area contributed by atoms with Crippen LogP contribution < -0.4 is 10.1 Å². The average Bonchev–Trinajstić information content (AvgIpc) is 3.01. The lowest BCUT2D eigenvalue weighted by atomic mass is 10.0. The zero-order valence-corrected chi connectivity index (χ0v) is 18.1. The van der Waals surface area contributed by atoms with Crippen molar-refractivity contribution < 1.29 is 19.1 Å². The first-order chi connectivity index (χ1) is 14.2. The van der Waals surface area contributed by atoms with Crippen LogP contribution >= 0.6 is 11.6 Å². The minimum Gasteiger partial charge on any atom is -0.483 e. The minimum atomic E-state index is -0.282. The van der Waals surface area contributed by atoms with Crippen molar-refractivity contribution in [2.24, 2.45) is 0 Å². The van der Waals surface area contributed by atoms with Gasteiger partial charge in [-0.1, -0.05) is 37.6 Å². The molecule has 0 saturated carbocycles. The third-order valence-corrected chi connectivity index (χ3v) is 5.41. The summed E-state index contributed by atoms with van der Waals surface area (Å²) in [6.07, 6.45) is 0.553. The maximum atomic E-state index is 12.3. The molecule has 2 aromatic rings. The topological polar surface area (TPSA) is 75.7 Å². The highest BCUT2D eigenvalue weighted by atomic mass is 35.5. The third-order valence-electron chi connectivity index (χ3n) is 5.01. The normalized spacial score (nSPS) is 13.8. The Morgan fingerprint density at radius 2 is 1.77 bits per heavy atom. The highest BCUT2D eigenvalue weighted by Crippen LogP contribution is 2.32. The van der Waals surface area contributed by atoms with Crippen LogP contribution in [0.1, 0.15) is 49.3 Å². The maximum Gasteiger partial charge on any atom is 0.262 e. The third kappa shape index (κ3) is 5.19. The van der Waals surface area contributed by atoms with Gasteiger partial charge in [0.2, 0.25) is 11.8 Å². The first-order valence-corrected chi connectivity index (χ1v) is 10.3. The highest BCUT2D eigenvalue weighted by Gasteiger charge is 2.28. The van der Waals surface area contributed by atoms with Crippen molar-refractivity contribution in [2.45, 2.75) is 46.1 Å². The predicted molar refractivity (Wildman–Crippen MR) is 116 cm³/mol. The second-order valence-electron chi connectivity index (χ2n) is 7.70. The van der Waals surface area contributed by atoms with Crippen LogP contribution in [0, 0.1) is 6.92 Å². The summed E-state index contributed by atoms with van der Waals surface area (Å²) < 4.78 is 5.75. The van der Waals surface area contributed by atoms with Gasteiger partial charge in [-0.05, 0) is 53.8 Å². The molecule has 1 aliphatic rings. The number of hydrogen-bond acceptors (Lipinski definition) is 4. The summed E-state index contributed by atoms with van der Waals surface area (Å²) in [7, 11) is 0. The fourth-order valence-electron chi connectivity index (χ4n) is 3.26. The minimum absolute atomic E-state index is 0.126. The van der Waals surface area contributed by atoms with Gasteiger partial charge in [-0.2, -0.15) is 0 Å². The highest BCUT2D eigenvalue weighted by molar-refractivity contribution is 6.31. The van der Waals surface area contributed by atoms with Gasteiger partial charge in [-0.15, -0.1) is 0 Å². The molecule has 158 valence electrons. The summed E-state index contributed by atoms with van der Waals surface area (Å²) in [4.78, 5) is 37.0. The number of ether oxygens (including phenoxy) is 1. The molecule has 30 heavy (non-hydrogen) atoms. The number of aryl methyl sites for hydroxylation is 1. The molecule has 3 amide bonds. The summed E-state index contributed by atoms with van der Waals surface area (Å²) >= 11 is 6.21. The van der Waals surface area contributed by atoms with Crippen molar-refractivity contribution in [3.63, 3.8) is 0 Å². The van der Waals surface area contributed by atoms with E-state index >= 15 is 0 Å². The van der Waals surface area contributed by atoms with Gasteiger partial charge in [-0.25, -0.2) is 0 Å². The Balaban J connectivity index is 1.57. The van der Waals surface area contributed by atoms with Gasteiger partial charge in [-0.3, -0.25) is 19.3 Å². The molecule has 0 atom stereocenters. The summed E-state index contributed by atoms with van der Waals surface area (Å²) in [6.45, 7) is 6.10. The Hall–Kier alpha value is -2.86. The summed E-state index contributed by atoms with van der Waals surface area (Å²) in [5, 5.41) is 3.46. The van der Waals surface area contributed by atoms with Crippen molar-refractivity contribution in [1.82, 2.24) is 4.90 Å². The Morgan fingerprint density at radius 1 is 1.13 bits per heavy atom. The van der Waals surface area contributed by atoms with Crippen LogP contribution in [0.25, 0.3) is 0 Å². The van der Waals surface area contributed by atoms with Crippen molar-refractivity contribution in [2.75, 3.05) is 11.9 Å². The van der Waals surface area contributed by atoms with Crippen LogP contribution in [0.5, 0.6) is 5.75 Å². The van der Waals surface area contributed by atoms with Crippen molar-refractivity contribution in [3.05, 3.63) is 58.1 Å². The van der Waals surface area contributed by atoms with Crippen LogP contribution in [0.3, 0.4) is 0 Å². The molecule has 0 aliphatic carbocycles. The van der Waals surface area contributed by atoms with E-state index in [0.717, 1.165) is 16.7 Å². The molecule has 0 aromatic heterocycles. The van der Waals surface area contributed by atoms with E-state index in [-0.39, 0.29) is 49.6 Å². The number of imide groups is 1. The molecule has 1 fully saturated rings. The van der Waals surface area contributed by atoms with Crippen LogP contribution in [-0.4, -0.2) is 29.2 Å². The monoisotopic (exact) mass is 428 g/mol. The number of benzene rings is 2. The smallest absolute Gasteiger partial charge is 0.262 e. The summed E-state index contributed by atoms with van der Waals surface area (Å²) in [5.41, 5.74) is 3.28. The van der Waals surface area contributed by atoms with Gasteiger partial charge in [0, 0.05) is 23.6 Å². The predicted octanol–water partition coefficient (Wildman–Crippen LogP) is 4.44. The molecule has 3 rings (SSSR count). The molecule has 6 nitrogen and oxygen atoms in total. The van der Waals surface area contributed by atoms with Crippen LogP contribution in [0.4, 0.5) is 5.69 Å². The van der Waals surface area contributed by atoms with E-state index in [9.17, 15) is 14.4 Å². The molecule has 0 bridgehead atoms. The molecule has 0 radical (unpaired) electrons. The number of anilines is 1. The number of halogens is 1. The second-order valence-corrected chi connectivity index (χ2v) is 8.11. The average molecular weight is 429 g/mol. The van der Waals surface area contributed by atoms with Crippen LogP contribution in [-0.2, 0) is 20.9 Å². The van der Waals surface area contributed by atoms with E-state index in [1.54, 1.807) is 24.3 Å². The lowest BCUT2D eigenvalue weighted by molar-refractivity contribution is -0.139. The van der Waals surface area contributed by atoms with E-state index in [2.05, 4.69) is 5.32 Å². The Bertz CT molecular complexity index is 954. The molecule has 1 N–H and O–H groups in total. The largest absolute Gasteiger partial charge is 0.483 e. The van der Waals surface area contributed by atoms with Crippen molar-refractivity contribution in [1.29, 1.82) is 0 Å². The van der Waals surface area contributed by atoms with Crippen LogP contribution in [0.15, 0.2) is 36.4 Å².